The van der Waals surface area contributed by atoms with Gasteiger partial charge in [0.2, 0.25) is 5.91 Å². The second-order valence-electron chi connectivity index (χ2n) is 6.95. The Morgan fingerprint density at radius 2 is 1.85 bits per heavy atom. The molecule has 1 aromatic carbocycles. The molecule has 6 heteroatoms. The van der Waals surface area contributed by atoms with Crippen LogP contribution in [-0.2, 0) is 11.3 Å². The van der Waals surface area contributed by atoms with Crippen molar-refractivity contribution in [2.75, 3.05) is 31.6 Å². The molecule has 3 rings (SSSR count). The second-order valence-corrected chi connectivity index (χ2v) is 7.89. The molecule has 5 nitrogen and oxygen atoms in total. The number of hydrogen-bond acceptors (Lipinski definition) is 4. The Labute approximate surface area is 165 Å². The standard InChI is InChI=1S/C21H27N3O2S/c1-23(20(25)11-12-22-21(26)19-6-5-15-27-19)16-17-7-9-18(10-8-17)24-13-3-2-4-14-24/h5-10,15H,2-4,11-14,16H2,1H3,(H,22,26). The van der Waals surface area contributed by atoms with Crippen molar-refractivity contribution >= 4 is 28.8 Å². The number of hydrogen-bond donors (Lipinski definition) is 1. The number of rotatable bonds is 7. The van der Waals surface area contributed by atoms with Crippen LogP contribution in [0.3, 0.4) is 0 Å². The molecule has 1 fully saturated rings. The maximum absolute atomic E-state index is 12.3. The number of amides is 2. The summed E-state index contributed by atoms with van der Waals surface area (Å²) in [6.07, 6.45) is 4.17. The van der Waals surface area contributed by atoms with E-state index in [0.29, 0.717) is 24.4 Å². The molecule has 0 bridgehead atoms. The third-order valence-electron chi connectivity index (χ3n) is 4.87. The highest BCUT2D eigenvalue weighted by atomic mass is 32.1. The molecule has 1 aliphatic heterocycles. The molecule has 0 radical (unpaired) electrons. The zero-order valence-corrected chi connectivity index (χ0v) is 16.6. The molecular weight excluding hydrogens is 358 g/mol. The first-order chi connectivity index (χ1) is 13.1. The highest BCUT2D eigenvalue weighted by Gasteiger charge is 2.13. The molecule has 27 heavy (non-hydrogen) atoms. The van der Waals surface area contributed by atoms with Gasteiger partial charge in [-0.25, -0.2) is 0 Å². The third-order valence-corrected chi connectivity index (χ3v) is 5.74. The summed E-state index contributed by atoms with van der Waals surface area (Å²) in [5, 5.41) is 4.66. The normalized spacial score (nSPS) is 14.0. The van der Waals surface area contributed by atoms with Crippen LogP contribution in [0.4, 0.5) is 5.69 Å². The molecule has 2 amide bonds. The first-order valence-corrected chi connectivity index (χ1v) is 10.4. The van der Waals surface area contributed by atoms with Crippen molar-refractivity contribution in [2.45, 2.75) is 32.2 Å². The summed E-state index contributed by atoms with van der Waals surface area (Å²) in [6, 6.07) is 12.1. The quantitative estimate of drug-likeness (QED) is 0.793. The first kappa shape index (κ1) is 19.4. The fourth-order valence-corrected chi connectivity index (χ4v) is 3.94. The number of anilines is 1. The van der Waals surface area contributed by atoms with Crippen LogP contribution >= 0.6 is 11.3 Å². The average molecular weight is 386 g/mol. The number of benzene rings is 1. The molecule has 1 saturated heterocycles. The van der Waals surface area contributed by atoms with E-state index in [1.807, 2.05) is 18.5 Å². The van der Waals surface area contributed by atoms with E-state index in [2.05, 4.69) is 34.5 Å². The summed E-state index contributed by atoms with van der Waals surface area (Å²) in [5.41, 5.74) is 2.39. The van der Waals surface area contributed by atoms with Gasteiger partial charge in [0.05, 0.1) is 4.88 Å². The van der Waals surface area contributed by atoms with E-state index >= 15 is 0 Å². The van der Waals surface area contributed by atoms with Crippen LogP contribution in [0.5, 0.6) is 0 Å². The monoisotopic (exact) mass is 385 g/mol. The van der Waals surface area contributed by atoms with Crippen LogP contribution in [0, 0.1) is 0 Å². The van der Waals surface area contributed by atoms with Crippen molar-refractivity contribution in [1.29, 1.82) is 0 Å². The van der Waals surface area contributed by atoms with Gasteiger partial charge in [0.1, 0.15) is 0 Å². The molecule has 0 atom stereocenters. The lowest BCUT2D eigenvalue weighted by molar-refractivity contribution is -0.130. The zero-order valence-electron chi connectivity index (χ0n) is 15.8. The maximum atomic E-state index is 12.3. The number of piperidine rings is 1. The highest BCUT2D eigenvalue weighted by Crippen LogP contribution is 2.20. The Bertz CT molecular complexity index is 737. The van der Waals surface area contributed by atoms with E-state index in [9.17, 15) is 9.59 Å². The van der Waals surface area contributed by atoms with E-state index < -0.39 is 0 Å². The number of carbonyl (C=O) groups excluding carboxylic acids is 2. The number of carbonyl (C=O) groups is 2. The van der Waals surface area contributed by atoms with Gasteiger partial charge in [-0.3, -0.25) is 9.59 Å². The lowest BCUT2D eigenvalue weighted by atomic mass is 10.1. The van der Waals surface area contributed by atoms with Gasteiger partial charge < -0.3 is 15.1 Å². The Morgan fingerprint density at radius 3 is 2.52 bits per heavy atom. The minimum absolute atomic E-state index is 0.0292. The number of nitrogens with one attached hydrogen (secondary N) is 1. The topological polar surface area (TPSA) is 52.6 Å². The van der Waals surface area contributed by atoms with Crippen molar-refractivity contribution in [1.82, 2.24) is 10.2 Å². The summed E-state index contributed by atoms with van der Waals surface area (Å²) in [5.74, 6) is -0.0876. The van der Waals surface area contributed by atoms with Crippen LogP contribution in [0.2, 0.25) is 0 Å². The maximum Gasteiger partial charge on any atom is 0.261 e. The Morgan fingerprint density at radius 1 is 1.11 bits per heavy atom. The predicted molar refractivity (Wildman–Crippen MR) is 110 cm³/mol. The van der Waals surface area contributed by atoms with Crippen LogP contribution in [0.1, 0.15) is 40.9 Å². The summed E-state index contributed by atoms with van der Waals surface area (Å²) in [7, 11) is 1.81. The van der Waals surface area contributed by atoms with E-state index in [1.54, 1.807) is 11.0 Å². The van der Waals surface area contributed by atoms with Gasteiger partial charge in [-0.2, -0.15) is 0 Å². The molecule has 1 aromatic heterocycles. The highest BCUT2D eigenvalue weighted by molar-refractivity contribution is 7.12. The lowest BCUT2D eigenvalue weighted by Crippen LogP contribution is -2.31. The number of thiophene rings is 1. The summed E-state index contributed by atoms with van der Waals surface area (Å²) in [4.78, 5) is 29.0. The zero-order chi connectivity index (χ0) is 19.1. The van der Waals surface area contributed by atoms with E-state index in [4.69, 9.17) is 0 Å². The third kappa shape index (κ3) is 5.57. The fraction of sp³-hybridized carbons (Fsp3) is 0.429. The lowest BCUT2D eigenvalue weighted by Gasteiger charge is -2.29. The molecule has 144 valence electrons. The van der Waals surface area contributed by atoms with Gasteiger partial charge in [-0.15, -0.1) is 11.3 Å². The van der Waals surface area contributed by atoms with Crippen molar-refractivity contribution in [3.8, 4) is 0 Å². The second kappa shape index (κ2) is 9.55. The van der Waals surface area contributed by atoms with Crippen LogP contribution in [0.25, 0.3) is 0 Å². The van der Waals surface area contributed by atoms with E-state index in [1.165, 1.54) is 36.3 Å². The van der Waals surface area contributed by atoms with Gasteiger partial charge in [0.25, 0.3) is 5.91 Å². The van der Waals surface area contributed by atoms with Gasteiger partial charge in [-0.1, -0.05) is 18.2 Å². The summed E-state index contributed by atoms with van der Waals surface area (Å²) >= 11 is 1.40. The minimum atomic E-state index is -0.117. The van der Waals surface area contributed by atoms with Gasteiger partial charge >= 0.3 is 0 Å². The molecule has 0 aliphatic carbocycles. The van der Waals surface area contributed by atoms with Crippen LogP contribution in [-0.4, -0.2) is 43.4 Å². The van der Waals surface area contributed by atoms with E-state index in [-0.39, 0.29) is 11.8 Å². The van der Waals surface area contributed by atoms with Crippen molar-refractivity contribution in [2.24, 2.45) is 0 Å². The Kier molecular flexibility index (Phi) is 6.87. The molecule has 0 saturated carbocycles. The Balaban J connectivity index is 1.42. The average Bonchev–Trinajstić information content (AvgIpc) is 3.24. The number of nitrogens with zero attached hydrogens (tertiary/aromatic N) is 2. The van der Waals surface area contributed by atoms with Gasteiger partial charge in [-0.05, 0) is 48.4 Å². The van der Waals surface area contributed by atoms with Gasteiger partial charge in [0.15, 0.2) is 0 Å². The van der Waals surface area contributed by atoms with Gasteiger partial charge in [0, 0.05) is 45.3 Å². The van der Waals surface area contributed by atoms with Crippen LogP contribution < -0.4 is 10.2 Å². The predicted octanol–water partition coefficient (Wildman–Crippen LogP) is 3.52. The molecule has 0 unspecified atom stereocenters. The van der Waals surface area contributed by atoms with Crippen molar-refractivity contribution in [3.05, 3.63) is 52.2 Å². The van der Waals surface area contributed by atoms with Crippen molar-refractivity contribution < 1.29 is 9.59 Å². The van der Waals surface area contributed by atoms with Crippen LogP contribution in [0.15, 0.2) is 41.8 Å². The summed E-state index contributed by atoms with van der Waals surface area (Å²) < 4.78 is 0. The Hall–Kier alpha value is -2.34. The van der Waals surface area contributed by atoms with E-state index in [0.717, 1.165) is 18.7 Å². The fourth-order valence-electron chi connectivity index (χ4n) is 3.30. The molecule has 1 N–H and O–H groups in total. The molecular formula is C21H27N3O2S. The largest absolute Gasteiger partial charge is 0.372 e. The SMILES string of the molecule is CN(Cc1ccc(N2CCCCC2)cc1)C(=O)CCNC(=O)c1cccs1. The first-order valence-electron chi connectivity index (χ1n) is 9.53. The summed E-state index contributed by atoms with van der Waals surface area (Å²) in [6.45, 7) is 3.20. The molecule has 2 heterocycles. The molecule has 1 aliphatic rings. The van der Waals surface area contributed by atoms with Crippen molar-refractivity contribution in [3.63, 3.8) is 0 Å². The smallest absolute Gasteiger partial charge is 0.261 e. The molecule has 0 spiro atoms. The minimum Gasteiger partial charge on any atom is -0.372 e. The molecule has 2 aromatic rings.